The van der Waals surface area contributed by atoms with Crippen molar-refractivity contribution in [3.8, 4) is 16.9 Å². The van der Waals surface area contributed by atoms with E-state index >= 15 is 0 Å². The lowest BCUT2D eigenvalue weighted by Crippen LogP contribution is -2.04. The van der Waals surface area contributed by atoms with Gasteiger partial charge in [0.15, 0.2) is 0 Å². The van der Waals surface area contributed by atoms with Crippen LogP contribution in [0.3, 0.4) is 0 Å². The highest BCUT2D eigenvalue weighted by Gasteiger charge is 2.06. The van der Waals surface area contributed by atoms with Crippen LogP contribution in [0.4, 0.5) is 11.6 Å². The number of hydrogen-bond donors (Lipinski definition) is 1. The molecule has 150 valence electrons. The maximum atomic E-state index is 4.69. The SMILES string of the molecule is CC=Nc1ccc(-c2ccnc(NCc3ccc(-n4ccnc4)cc3)n2)cc1CC. The van der Waals surface area contributed by atoms with Crippen LogP contribution in [0, 0.1) is 0 Å². The molecule has 0 amide bonds. The van der Waals surface area contributed by atoms with Crippen molar-refractivity contribution in [3.05, 3.63) is 84.6 Å². The number of benzene rings is 2. The van der Waals surface area contributed by atoms with E-state index in [4.69, 9.17) is 4.98 Å². The highest BCUT2D eigenvalue weighted by atomic mass is 15.1. The molecular formula is C24H24N6. The summed E-state index contributed by atoms with van der Waals surface area (Å²) in [7, 11) is 0. The molecule has 30 heavy (non-hydrogen) atoms. The Hall–Kier alpha value is -3.80. The number of anilines is 1. The molecule has 0 unspecified atom stereocenters. The minimum Gasteiger partial charge on any atom is -0.350 e. The van der Waals surface area contributed by atoms with E-state index in [2.05, 4.69) is 63.6 Å². The van der Waals surface area contributed by atoms with Gasteiger partial charge in [-0.05, 0) is 54.8 Å². The molecule has 4 rings (SSSR count). The molecule has 0 atom stereocenters. The van der Waals surface area contributed by atoms with E-state index in [9.17, 15) is 0 Å². The molecule has 2 aromatic heterocycles. The number of nitrogens with zero attached hydrogens (tertiary/aromatic N) is 5. The average molecular weight is 396 g/mol. The Kier molecular flexibility index (Phi) is 5.94. The lowest BCUT2D eigenvalue weighted by atomic mass is 10.0. The number of rotatable bonds is 7. The highest BCUT2D eigenvalue weighted by Crippen LogP contribution is 2.26. The van der Waals surface area contributed by atoms with Crippen LogP contribution in [0.1, 0.15) is 25.0 Å². The molecule has 0 bridgehead atoms. The van der Waals surface area contributed by atoms with Gasteiger partial charge in [0.2, 0.25) is 5.95 Å². The van der Waals surface area contributed by atoms with E-state index in [1.54, 1.807) is 18.7 Å². The van der Waals surface area contributed by atoms with E-state index < -0.39 is 0 Å². The van der Waals surface area contributed by atoms with Crippen molar-refractivity contribution in [1.82, 2.24) is 19.5 Å². The summed E-state index contributed by atoms with van der Waals surface area (Å²) in [5.74, 6) is 0.611. The van der Waals surface area contributed by atoms with Crippen LogP contribution in [0.25, 0.3) is 16.9 Å². The molecule has 0 radical (unpaired) electrons. The maximum Gasteiger partial charge on any atom is 0.223 e. The molecule has 4 aromatic rings. The number of hydrogen-bond acceptors (Lipinski definition) is 5. The minimum atomic E-state index is 0.611. The number of aromatic nitrogens is 4. The second kappa shape index (κ2) is 9.13. The van der Waals surface area contributed by atoms with E-state index in [0.29, 0.717) is 12.5 Å². The fourth-order valence-electron chi connectivity index (χ4n) is 3.28. The summed E-state index contributed by atoms with van der Waals surface area (Å²) < 4.78 is 1.98. The van der Waals surface area contributed by atoms with Gasteiger partial charge < -0.3 is 9.88 Å². The first kappa shape index (κ1) is 19.5. The van der Waals surface area contributed by atoms with Crippen LogP contribution in [0.15, 0.2) is 78.4 Å². The third kappa shape index (κ3) is 4.43. The van der Waals surface area contributed by atoms with E-state index in [0.717, 1.165) is 34.6 Å². The van der Waals surface area contributed by atoms with Crippen LogP contribution in [0.2, 0.25) is 0 Å². The van der Waals surface area contributed by atoms with Crippen molar-refractivity contribution in [2.75, 3.05) is 5.32 Å². The molecule has 2 aromatic carbocycles. The average Bonchev–Trinajstić information content (AvgIpc) is 3.34. The second-order valence-corrected chi connectivity index (χ2v) is 6.84. The molecule has 0 saturated carbocycles. The first-order chi connectivity index (χ1) is 14.8. The molecule has 0 saturated heterocycles. The number of nitrogens with one attached hydrogen (secondary N) is 1. The summed E-state index contributed by atoms with van der Waals surface area (Å²) >= 11 is 0. The topological polar surface area (TPSA) is 68.0 Å². The molecule has 6 heteroatoms. The largest absolute Gasteiger partial charge is 0.350 e. The fraction of sp³-hybridized carbons (Fsp3) is 0.167. The molecule has 1 N–H and O–H groups in total. The third-order valence-electron chi connectivity index (χ3n) is 4.87. The Labute approximate surface area is 176 Å². The Bertz CT molecular complexity index is 1130. The van der Waals surface area contributed by atoms with Crippen LogP contribution in [-0.2, 0) is 13.0 Å². The monoisotopic (exact) mass is 396 g/mol. The summed E-state index contributed by atoms with van der Waals surface area (Å²) in [6.45, 7) is 4.72. The van der Waals surface area contributed by atoms with Crippen LogP contribution in [-0.4, -0.2) is 25.7 Å². The third-order valence-corrected chi connectivity index (χ3v) is 4.87. The standard InChI is InChI=1S/C24H24N6/c1-3-19-15-20(7-10-22(19)26-4-2)23-11-12-27-24(29-23)28-16-18-5-8-21(9-6-18)30-14-13-25-17-30/h4-15,17H,3,16H2,1-2H3,(H,27,28,29). The van der Waals surface area contributed by atoms with Gasteiger partial charge in [0.05, 0.1) is 17.7 Å². The van der Waals surface area contributed by atoms with Crippen molar-refractivity contribution in [1.29, 1.82) is 0 Å². The number of imidazole rings is 1. The van der Waals surface area contributed by atoms with Crippen molar-refractivity contribution in [3.63, 3.8) is 0 Å². The second-order valence-electron chi connectivity index (χ2n) is 6.84. The van der Waals surface area contributed by atoms with Crippen molar-refractivity contribution >= 4 is 17.9 Å². The van der Waals surface area contributed by atoms with Gasteiger partial charge in [-0.15, -0.1) is 0 Å². The Balaban J connectivity index is 1.47. The normalized spacial score (nSPS) is 11.1. The summed E-state index contributed by atoms with van der Waals surface area (Å²) in [5.41, 5.74) is 6.41. The van der Waals surface area contributed by atoms with Gasteiger partial charge in [0, 0.05) is 42.6 Å². The first-order valence-corrected chi connectivity index (χ1v) is 10.0. The fourth-order valence-corrected chi connectivity index (χ4v) is 3.28. The van der Waals surface area contributed by atoms with Crippen molar-refractivity contribution < 1.29 is 0 Å². The van der Waals surface area contributed by atoms with Crippen LogP contribution in [0.5, 0.6) is 0 Å². The van der Waals surface area contributed by atoms with Crippen molar-refractivity contribution in [2.45, 2.75) is 26.8 Å². The van der Waals surface area contributed by atoms with E-state index in [1.807, 2.05) is 36.0 Å². The Morgan fingerprint density at radius 2 is 1.93 bits per heavy atom. The molecule has 0 fully saturated rings. The quantitative estimate of drug-likeness (QED) is 0.435. The molecular weight excluding hydrogens is 372 g/mol. The van der Waals surface area contributed by atoms with Crippen LogP contribution < -0.4 is 5.32 Å². The summed E-state index contributed by atoms with van der Waals surface area (Å²) in [4.78, 5) is 17.6. The summed E-state index contributed by atoms with van der Waals surface area (Å²) in [5, 5.41) is 3.32. The predicted octanol–water partition coefficient (Wildman–Crippen LogP) is 5.23. The zero-order chi connectivity index (χ0) is 20.8. The zero-order valence-electron chi connectivity index (χ0n) is 17.2. The molecule has 0 aliphatic heterocycles. The van der Waals surface area contributed by atoms with Gasteiger partial charge in [0.25, 0.3) is 0 Å². The Morgan fingerprint density at radius 1 is 1.07 bits per heavy atom. The highest BCUT2D eigenvalue weighted by molar-refractivity contribution is 5.68. The van der Waals surface area contributed by atoms with Gasteiger partial charge in [-0.2, -0.15) is 0 Å². The first-order valence-electron chi connectivity index (χ1n) is 10.0. The van der Waals surface area contributed by atoms with Gasteiger partial charge in [-0.3, -0.25) is 4.99 Å². The maximum absolute atomic E-state index is 4.69. The molecule has 0 aliphatic carbocycles. The predicted molar refractivity (Wildman–Crippen MR) is 122 cm³/mol. The smallest absolute Gasteiger partial charge is 0.223 e. The summed E-state index contributed by atoms with van der Waals surface area (Å²) in [6.07, 6.45) is 10.0. The number of aryl methyl sites for hydroxylation is 1. The van der Waals surface area contributed by atoms with E-state index in [1.165, 1.54) is 5.56 Å². The lowest BCUT2D eigenvalue weighted by molar-refractivity contribution is 1.03. The van der Waals surface area contributed by atoms with Crippen molar-refractivity contribution in [2.24, 2.45) is 4.99 Å². The molecule has 0 aliphatic rings. The van der Waals surface area contributed by atoms with Crippen LogP contribution >= 0.6 is 0 Å². The van der Waals surface area contributed by atoms with Gasteiger partial charge in [-0.25, -0.2) is 15.0 Å². The summed E-state index contributed by atoms with van der Waals surface area (Å²) in [6, 6.07) is 16.5. The number of aliphatic imine (C=N–C) groups is 1. The molecule has 2 heterocycles. The van der Waals surface area contributed by atoms with Gasteiger partial charge in [0.1, 0.15) is 0 Å². The molecule has 0 spiro atoms. The van der Waals surface area contributed by atoms with E-state index in [-0.39, 0.29) is 0 Å². The molecule has 6 nitrogen and oxygen atoms in total. The lowest BCUT2D eigenvalue weighted by Gasteiger charge is -2.09. The Morgan fingerprint density at radius 3 is 2.67 bits per heavy atom. The van der Waals surface area contributed by atoms with Gasteiger partial charge >= 0.3 is 0 Å². The van der Waals surface area contributed by atoms with Gasteiger partial charge in [-0.1, -0.05) is 25.1 Å². The zero-order valence-corrected chi connectivity index (χ0v) is 17.2. The minimum absolute atomic E-state index is 0.611.